The maximum Gasteiger partial charge on any atom is 0.310 e. The number of benzene rings is 1. The lowest BCUT2D eigenvalue weighted by atomic mass is 9.83. The Morgan fingerprint density at radius 1 is 1.19 bits per heavy atom. The molecular weight excluding hydrogens is 315 g/mol. The van der Waals surface area contributed by atoms with E-state index in [0.29, 0.717) is 28.5 Å². The quantitative estimate of drug-likeness (QED) is 0.676. The molecule has 21 heavy (non-hydrogen) atoms. The average Bonchev–Trinajstić information content (AvgIpc) is 2.46. The zero-order valence-electron chi connectivity index (χ0n) is 11.1. The summed E-state index contributed by atoms with van der Waals surface area (Å²) in [5.74, 6) is -2.88. The van der Waals surface area contributed by atoms with Crippen molar-refractivity contribution in [2.24, 2.45) is 11.8 Å². The van der Waals surface area contributed by atoms with Crippen molar-refractivity contribution >= 4 is 35.1 Å². The van der Waals surface area contributed by atoms with Crippen molar-refractivity contribution in [1.82, 2.24) is 0 Å². The molecule has 0 aromatic heterocycles. The lowest BCUT2D eigenvalue weighted by Gasteiger charge is -2.23. The Morgan fingerprint density at radius 3 is 2.48 bits per heavy atom. The highest BCUT2D eigenvalue weighted by molar-refractivity contribution is 6.35. The van der Waals surface area contributed by atoms with Crippen molar-refractivity contribution in [3.8, 4) is 0 Å². The molecule has 4 nitrogen and oxygen atoms in total. The average molecular weight is 329 g/mol. The van der Waals surface area contributed by atoms with Crippen molar-refractivity contribution < 1.29 is 19.4 Å². The van der Waals surface area contributed by atoms with Crippen molar-refractivity contribution in [2.75, 3.05) is 0 Å². The third-order valence-corrected chi connectivity index (χ3v) is 4.02. The number of ether oxygens (including phenoxy) is 1. The predicted molar refractivity (Wildman–Crippen MR) is 79.2 cm³/mol. The fraction of sp³-hybridized carbons (Fsp3) is 0.333. The first-order valence-corrected chi connectivity index (χ1v) is 7.23. The number of rotatable bonds is 4. The molecule has 0 bridgehead atoms. The minimum atomic E-state index is -0.981. The molecule has 0 radical (unpaired) electrons. The number of carbonyl (C=O) groups is 2. The summed E-state index contributed by atoms with van der Waals surface area (Å²) in [6, 6.07) is 4.89. The molecule has 2 rings (SSSR count). The third-order valence-electron chi connectivity index (χ3n) is 3.44. The van der Waals surface area contributed by atoms with Crippen LogP contribution in [0.1, 0.15) is 18.4 Å². The van der Waals surface area contributed by atoms with Crippen LogP contribution < -0.4 is 0 Å². The van der Waals surface area contributed by atoms with Crippen molar-refractivity contribution in [1.29, 1.82) is 0 Å². The molecule has 2 atom stereocenters. The van der Waals surface area contributed by atoms with Crippen LogP contribution in [0, 0.1) is 11.8 Å². The molecule has 0 fully saturated rings. The topological polar surface area (TPSA) is 63.6 Å². The van der Waals surface area contributed by atoms with E-state index in [1.54, 1.807) is 30.4 Å². The smallest absolute Gasteiger partial charge is 0.310 e. The van der Waals surface area contributed by atoms with Gasteiger partial charge in [0.1, 0.15) is 6.61 Å². The van der Waals surface area contributed by atoms with Crippen molar-refractivity contribution in [3.63, 3.8) is 0 Å². The molecule has 1 aliphatic carbocycles. The highest BCUT2D eigenvalue weighted by Crippen LogP contribution is 2.28. The van der Waals surface area contributed by atoms with E-state index in [2.05, 4.69) is 0 Å². The van der Waals surface area contributed by atoms with Gasteiger partial charge in [-0.15, -0.1) is 0 Å². The molecule has 1 aliphatic rings. The number of carbonyl (C=O) groups excluding carboxylic acids is 1. The van der Waals surface area contributed by atoms with Gasteiger partial charge in [-0.2, -0.15) is 0 Å². The number of esters is 1. The molecule has 1 N–H and O–H groups in total. The second-order valence-corrected chi connectivity index (χ2v) is 5.68. The van der Waals surface area contributed by atoms with Gasteiger partial charge in [-0.05, 0) is 25.0 Å². The van der Waals surface area contributed by atoms with Gasteiger partial charge >= 0.3 is 11.9 Å². The van der Waals surface area contributed by atoms with Gasteiger partial charge in [-0.25, -0.2) is 0 Å². The number of carboxylic acids is 1. The van der Waals surface area contributed by atoms with E-state index in [1.165, 1.54) is 0 Å². The standard InChI is InChI=1S/C15H14Cl2O4/c16-10-6-5-9(13(17)7-10)8-21-15(20)12-4-2-1-3-11(12)14(18)19/h1-2,5-7,11-12H,3-4,8H2,(H,18,19)/t11-,12+/m0/s1. The van der Waals surface area contributed by atoms with Gasteiger partial charge in [0.25, 0.3) is 0 Å². The van der Waals surface area contributed by atoms with Crippen LogP contribution in [0.15, 0.2) is 30.4 Å². The van der Waals surface area contributed by atoms with Gasteiger partial charge in [0.05, 0.1) is 11.8 Å². The fourth-order valence-electron chi connectivity index (χ4n) is 2.24. The summed E-state index contributed by atoms with van der Waals surface area (Å²) in [5, 5.41) is 10.0. The molecule has 0 unspecified atom stereocenters. The second kappa shape index (κ2) is 6.96. The van der Waals surface area contributed by atoms with Gasteiger partial charge in [-0.1, -0.05) is 41.4 Å². The van der Waals surface area contributed by atoms with E-state index < -0.39 is 23.8 Å². The van der Waals surface area contributed by atoms with Crippen LogP contribution >= 0.6 is 23.2 Å². The van der Waals surface area contributed by atoms with Crippen LogP contribution in [0.25, 0.3) is 0 Å². The predicted octanol–water partition coefficient (Wildman–Crippen LogP) is 3.70. The number of hydrogen-bond donors (Lipinski definition) is 1. The number of hydrogen-bond acceptors (Lipinski definition) is 3. The van der Waals surface area contributed by atoms with E-state index >= 15 is 0 Å². The van der Waals surface area contributed by atoms with Gasteiger partial charge in [0, 0.05) is 15.6 Å². The molecule has 0 saturated heterocycles. The largest absolute Gasteiger partial charge is 0.481 e. The van der Waals surface area contributed by atoms with Crippen LogP contribution in [-0.2, 0) is 20.9 Å². The van der Waals surface area contributed by atoms with E-state index in [-0.39, 0.29) is 6.61 Å². The number of allylic oxidation sites excluding steroid dienone is 2. The molecule has 1 aromatic rings. The van der Waals surface area contributed by atoms with E-state index in [9.17, 15) is 9.59 Å². The van der Waals surface area contributed by atoms with Gasteiger partial charge < -0.3 is 9.84 Å². The molecule has 0 aliphatic heterocycles. The first kappa shape index (κ1) is 15.9. The second-order valence-electron chi connectivity index (χ2n) is 4.84. The Hall–Kier alpha value is -1.52. The number of aliphatic carboxylic acids is 1. The monoisotopic (exact) mass is 328 g/mol. The zero-order valence-corrected chi connectivity index (χ0v) is 12.6. The molecule has 0 saturated carbocycles. The lowest BCUT2D eigenvalue weighted by Crippen LogP contribution is -2.32. The Labute approximate surface area is 132 Å². The van der Waals surface area contributed by atoms with Gasteiger partial charge in [-0.3, -0.25) is 9.59 Å². The summed E-state index contributed by atoms with van der Waals surface area (Å²) in [6.45, 7) is 0.00138. The zero-order chi connectivity index (χ0) is 15.4. The Balaban J connectivity index is 2.00. The summed E-state index contributed by atoms with van der Waals surface area (Å²) >= 11 is 11.8. The molecule has 0 heterocycles. The highest BCUT2D eigenvalue weighted by Gasteiger charge is 2.35. The van der Waals surface area contributed by atoms with E-state index in [1.807, 2.05) is 0 Å². The Bertz CT molecular complexity index is 583. The minimum Gasteiger partial charge on any atom is -0.481 e. The van der Waals surface area contributed by atoms with Gasteiger partial charge in [0.2, 0.25) is 0 Å². The van der Waals surface area contributed by atoms with Crippen LogP contribution in [0.4, 0.5) is 0 Å². The highest BCUT2D eigenvalue weighted by atomic mass is 35.5. The molecule has 0 amide bonds. The molecule has 6 heteroatoms. The van der Waals surface area contributed by atoms with Crippen LogP contribution in [0.3, 0.4) is 0 Å². The molecule has 0 spiro atoms. The van der Waals surface area contributed by atoms with Crippen molar-refractivity contribution in [3.05, 3.63) is 46.0 Å². The first-order chi connectivity index (χ1) is 9.99. The van der Waals surface area contributed by atoms with Gasteiger partial charge in [0.15, 0.2) is 0 Å². The van der Waals surface area contributed by atoms with Crippen molar-refractivity contribution in [2.45, 2.75) is 19.4 Å². The summed E-state index contributed by atoms with van der Waals surface area (Å²) in [5.41, 5.74) is 0.632. The number of carboxylic acid groups (broad SMARTS) is 1. The molecular formula is C15H14Cl2O4. The maximum absolute atomic E-state index is 12.1. The van der Waals surface area contributed by atoms with Crippen LogP contribution in [0.2, 0.25) is 10.0 Å². The first-order valence-electron chi connectivity index (χ1n) is 6.47. The summed E-state index contributed by atoms with van der Waals surface area (Å²) < 4.78 is 5.20. The molecule has 1 aromatic carbocycles. The summed E-state index contributed by atoms with van der Waals surface area (Å²) in [7, 11) is 0. The minimum absolute atomic E-state index is 0.00138. The number of halogens is 2. The Kier molecular flexibility index (Phi) is 5.26. The third kappa shape index (κ3) is 3.99. The van der Waals surface area contributed by atoms with E-state index in [0.717, 1.165) is 0 Å². The van der Waals surface area contributed by atoms with Crippen LogP contribution in [0.5, 0.6) is 0 Å². The summed E-state index contributed by atoms with van der Waals surface area (Å²) in [6.07, 6.45) is 4.31. The fourth-order valence-corrected chi connectivity index (χ4v) is 2.71. The summed E-state index contributed by atoms with van der Waals surface area (Å²) in [4.78, 5) is 23.2. The SMILES string of the molecule is O=C(O)[C@H]1CC=CC[C@H]1C(=O)OCc1ccc(Cl)cc1Cl. The lowest BCUT2D eigenvalue weighted by molar-refractivity contribution is -0.158. The normalized spacial score (nSPS) is 21.0. The van der Waals surface area contributed by atoms with Crippen LogP contribution in [-0.4, -0.2) is 17.0 Å². The van der Waals surface area contributed by atoms with E-state index in [4.69, 9.17) is 33.0 Å². The molecule has 112 valence electrons. The Morgan fingerprint density at radius 2 is 1.86 bits per heavy atom. The maximum atomic E-state index is 12.1.